The van der Waals surface area contributed by atoms with Gasteiger partial charge in [0.05, 0.1) is 12.1 Å². The largest absolute Gasteiger partial charge is 0.503 e. The fourth-order valence-electron chi connectivity index (χ4n) is 1.34. The normalized spacial score (nSPS) is 11.0. The van der Waals surface area contributed by atoms with Crippen LogP contribution >= 0.6 is 11.6 Å². The van der Waals surface area contributed by atoms with E-state index in [9.17, 15) is 14.7 Å². The molecule has 0 fully saturated rings. The van der Waals surface area contributed by atoms with Gasteiger partial charge in [0.25, 0.3) is 0 Å². The summed E-state index contributed by atoms with van der Waals surface area (Å²) in [5.41, 5.74) is 0.0575. The summed E-state index contributed by atoms with van der Waals surface area (Å²) >= 11 is 5.77. The molecule has 6 nitrogen and oxygen atoms in total. The number of methoxy groups -OCH3 is 1. The number of aliphatic carboxylic acids is 1. The first-order valence-electron chi connectivity index (χ1n) is 5.14. The molecule has 1 aromatic rings. The van der Waals surface area contributed by atoms with Crippen molar-refractivity contribution < 1.29 is 24.5 Å². The van der Waals surface area contributed by atoms with Crippen LogP contribution in [-0.2, 0) is 9.59 Å². The Hall–Kier alpha value is -2.21. The first kappa shape index (κ1) is 14.8. The molecule has 19 heavy (non-hydrogen) atoms. The number of phenolic OH excluding ortho intramolecular Hbond substituents is 1. The Bertz CT molecular complexity index is 553. The zero-order chi connectivity index (χ0) is 14.6. The van der Waals surface area contributed by atoms with Crippen LogP contribution in [0.2, 0.25) is 5.02 Å². The van der Waals surface area contributed by atoms with E-state index in [0.717, 1.165) is 0 Å². The van der Waals surface area contributed by atoms with E-state index in [1.807, 2.05) is 0 Å². The Morgan fingerprint density at radius 3 is 2.53 bits per heavy atom. The van der Waals surface area contributed by atoms with Crippen LogP contribution in [0.4, 0.5) is 0 Å². The lowest BCUT2D eigenvalue weighted by atomic mass is 10.1. The minimum Gasteiger partial charge on any atom is -0.503 e. The van der Waals surface area contributed by atoms with Gasteiger partial charge in [-0.3, -0.25) is 4.79 Å². The van der Waals surface area contributed by atoms with Crippen molar-refractivity contribution in [3.8, 4) is 11.5 Å². The molecule has 0 saturated carbocycles. The number of nitrogens with one attached hydrogen (secondary N) is 1. The summed E-state index contributed by atoms with van der Waals surface area (Å²) in [6.45, 7) is 1.20. The molecular weight excluding hydrogens is 274 g/mol. The van der Waals surface area contributed by atoms with E-state index < -0.39 is 11.9 Å². The number of halogens is 1. The molecule has 0 spiro atoms. The SMILES string of the molecule is COc1cc(/C=C(/NC(C)=O)C(=O)O)cc(Cl)c1O. The van der Waals surface area contributed by atoms with Gasteiger partial charge in [0.2, 0.25) is 5.91 Å². The van der Waals surface area contributed by atoms with Crippen LogP contribution in [-0.4, -0.2) is 29.2 Å². The van der Waals surface area contributed by atoms with Crippen LogP contribution in [0.25, 0.3) is 6.08 Å². The lowest BCUT2D eigenvalue weighted by Gasteiger charge is -2.08. The molecule has 0 radical (unpaired) electrons. The third kappa shape index (κ3) is 3.89. The van der Waals surface area contributed by atoms with Crippen molar-refractivity contribution in [2.24, 2.45) is 0 Å². The molecule has 0 heterocycles. The highest BCUT2D eigenvalue weighted by Gasteiger charge is 2.12. The van der Waals surface area contributed by atoms with Crippen molar-refractivity contribution in [3.05, 3.63) is 28.4 Å². The van der Waals surface area contributed by atoms with E-state index in [0.29, 0.717) is 5.56 Å². The Labute approximate surface area is 114 Å². The highest BCUT2D eigenvalue weighted by atomic mass is 35.5. The van der Waals surface area contributed by atoms with E-state index >= 15 is 0 Å². The number of rotatable bonds is 4. The van der Waals surface area contributed by atoms with Crippen molar-refractivity contribution in [1.29, 1.82) is 0 Å². The smallest absolute Gasteiger partial charge is 0.352 e. The molecule has 102 valence electrons. The maximum atomic E-state index is 10.9. The first-order valence-corrected chi connectivity index (χ1v) is 5.52. The summed E-state index contributed by atoms with van der Waals surface area (Å²) < 4.78 is 4.89. The number of carboxylic acids is 1. The molecule has 0 saturated heterocycles. The molecular formula is C12H12ClNO5. The number of phenols is 1. The lowest BCUT2D eigenvalue weighted by molar-refractivity contribution is -0.134. The van der Waals surface area contributed by atoms with E-state index in [4.69, 9.17) is 21.4 Å². The van der Waals surface area contributed by atoms with Crippen molar-refractivity contribution >= 4 is 29.6 Å². The second-order valence-electron chi connectivity index (χ2n) is 3.60. The number of aromatic hydroxyl groups is 1. The van der Waals surface area contributed by atoms with Crippen LogP contribution in [0, 0.1) is 0 Å². The topological polar surface area (TPSA) is 95.9 Å². The van der Waals surface area contributed by atoms with Crippen molar-refractivity contribution in [2.45, 2.75) is 6.92 Å². The number of carbonyl (C=O) groups is 2. The molecule has 1 rings (SSSR count). The summed E-state index contributed by atoms with van der Waals surface area (Å²) in [4.78, 5) is 21.8. The number of hydrogen-bond donors (Lipinski definition) is 3. The molecule has 0 unspecified atom stereocenters. The molecule has 1 amide bonds. The van der Waals surface area contributed by atoms with Crippen LogP contribution in [0.15, 0.2) is 17.8 Å². The molecule has 0 aliphatic rings. The van der Waals surface area contributed by atoms with Crippen LogP contribution in [0.5, 0.6) is 11.5 Å². The second-order valence-corrected chi connectivity index (χ2v) is 4.01. The number of benzene rings is 1. The lowest BCUT2D eigenvalue weighted by Crippen LogP contribution is -2.24. The van der Waals surface area contributed by atoms with Crippen LogP contribution < -0.4 is 10.1 Å². The van der Waals surface area contributed by atoms with Gasteiger partial charge in [-0.1, -0.05) is 11.6 Å². The van der Waals surface area contributed by atoms with Gasteiger partial charge in [0, 0.05) is 6.92 Å². The van der Waals surface area contributed by atoms with Gasteiger partial charge >= 0.3 is 5.97 Å². The molecule has 0 aliphatic carbocycles. The number of amides is 1. The monoisotopic (exact) mass is 285 g/mol. The molecule has 0 aliphatic heterocycles. The first-order chi connectivity index (χ1) is 8.85. The standard InChI is InChI=1S/C12H12ClNO5/c1-6(15)14-9(12(17)18)4-7-3-8(13)11(16)10(5-7)19-2/h3-5,16H,1-2H3,(H,14,15)(H,17,18)/b9-4+. The molecule has 7 heteroatoms. The van der Waals surface area contributed by atoms with E-state index in [2.05, 4.69) is 5.32 Å². The molecule has 3 N–H and O–H groups in total. The van der Waals surface area contributed by atoms with Crippen molar-refractivity contribution in [1.82, 2.24) is 5.32 Å². The summed E-state index contributed by atoms with van der Waals surface area (Å²) in [5, 5.41) is 20.7. The number of carbonyl (C=O) groups excluding carboxylic acids is 1. The van der Waals surface area contributed by atoms with E-state index in [1.54, 1.807) is 0 Å². The molecule has 0 aromatic heterocycles. The fourth-order valence-corrected chi connectivity index (χ4v) is 1.56. The number of ether oxygens (including phenoxy) is 1. The van der Waals surface area contributed by atoms with Crippen LogP contribution in [0.3, 0.4) is 0 Å². The van der Waals surface area contributed by atoms with Gasteiger partial charge < -0.3 is 20.3 Å². The van der Waals surface area contributed by atoms with Gasteiger partial charge in [0.15, 0.2) is 11.5 Å². The van der Waals surface area contributed by atoms with Crippen molar-refractivity contribution in [3.63, 3.8) is 0 Å². The van der Waals surface area contributed by atoms with Gasteiger partial charge in [-0.05, 0) is 23.8 Å². The third-order valence-corrected chi connectivity index (χ3v) is 2.41. The molecule has 1 aromatic carbocycles. The zero-order valence-corrected chi connectivity index (χ0v) is 11.0. The van der Waals surface area contributed by atoms with Gasteiger partial charge in [0.1, 0.15) is 5.70 Å². The van der Waals surface area contributed by atoms with Gasteiger partial charge in [-0.15, -0.1) is 0 Å². The summed E-state index contributed by atoms with van der Waals surface area (Å²) in [5.74, 6) is -1.94. The van der Waals surface area contributed by atoms with Crippen molar-refractivity contribution in [2.75, 3.05) is 7.11 Å². The second kappa shape index (κ2) is 6.10. The molecule has 0 bridgehead atoms. The van der Waals surface area contributed by atoms with E-state index in [-0.39, 0.29) is 22.2 Å². The average molecular weight is 286 g/mol. The highest BCUT2D eigenvalue weighted by Crippen LogP contribution is 2.35. The third-order valence-electron chi connectivity index (χ3n) is 2.12. The van der Waals surface area contributed by atoms with Gasteiger partial charge in [-0.25, -0.2) is 4.79 Å². The van der Waals surface area contributed by atoms with E-state index in [1.165, 1.54) is 32.2 Å². The predicted octanol–water partition coefficient (Wildman–Crippen LogP) is 1.62. The maximum absolute atomic E-state index is 10.9. The minimum atomic E-state index is -1.29. The van der Waals surface area contributed by atoms with Crippen LogP contribution in [0.1, 0.15) is 12.5 Å². The average Bonchev–Trinajstić information content (AvgIpc) is 2.31. The quantitative estimate of drug-likeness (QED) is 0.731. The fraction of sp³-hybridized carbons (Fsp3) is 0.167. The predicted molar refractivity (Wildman–Crippen MR) is 69.1 cm³/mol. The summed E-state index contributed by atoms with van der Waals surface area (Å²) in [6.07, 6.45) is 1.21. The number of hydrogen-bond acceptors (Lipinski definition) is 4. The van der Waals surface area contributed by atoms with Gasteiger partial charge in [-0.2, -0.15) is 0 Å². The highest BCUT2D eigenvalue weighted by molar-refractivity contribution is 6.32. The number of carboxylic acid groups (broad SMARTS) is 1. The minimum absolute atomic E-state index is 0.0122. The summed E-state index contributed by atoms with van der Waals surface area (Å²) in [7, 11) is 1.34. The zero-order valence-electron chi connectivity index (χ0n) is 10.2. The Kier molecular flexibility index (Phi) is 4.77. The molecule has 0 atom stereocenters. The maximum Gasteiger partial charge on any atom is 0.352 e. The summed E-state index contributed by atoms with van der Waals surface area (Å²) in [6, 6.07) is 2.75. The Morgan fingerprint density at radius 2 is 2.05 bits per heavy atom. The Morgan fingerprint density at radius 1 is 1.42 bits per heavy atom. The Balaban J connectivity index is 3.24.